The third kappa shape index (κ3) is 6.95. The Labute approximate surface area is 119 Å². The lowest BCUT2D eigenvalue weighted by Crippen LogP contribution is -2.52. The molecule has 1 fully saturated rings. The van der Waals surface area contributed by atoms with E-state index in [0.717, 1.165) is 26.2 Å². The summed E-state index contributed by atoms with van der Waals surface area (Å²) in [5.41, 5.74) is 0.599. The Hall–Kier alpha value is -0.570. The molecule has 1 aliphatic rings. The van der Waals surface area contributed by atoms with Gasteiger partial charge in [0, 0.05) is 19.6 Å². The van der Waals surface area contributed by atoms with Gasteiger partial charge in [0.05, 0.1) is 6.54 Å². The molecule has 19 heavy (non-hydrogen) atoms. The fraction of sp³-hybridized carbons (Fsp3) is 0.938. The SMILES string of the molecule is CC(C)(C)CCCN1CCN(CC(C)(C)C)C(=O)C1. The van der Waals surface area contributed by atoms with Crippen molar-refractivity contribution in [2.75, 3.05) is 32.7 Å². The molecule has 0 spiro atoms. The van der Waals surface area contributed by atoms with Crippen LogP contribution in [0.3, 0.4) is 0 Å². The van der Waals surface area contributed by atoms with Crippen LogP contribution in [0, 0.1) is 10.8 Å². The van der Waals surface area contributed by atoms with Crippen LogP contribution in [0.4, 0.5) is 0 Å². The smallest absolute Gasteiger partial charge is 0.236 e. The van der Waals surface area contributed by atoms with E-state index in [-0.39, 0.29) is 5.41 Å². The van der Waals surface area contributed by atoms with E-state index < -0.39 is 0 Å². The van der Waals surface area contributed by atoms with Crippen molar-refractivity contribution in [1.82, 2.24) is 9.80 Å². The van der Waals surface area contributed by atoms with Crippen LogP contribution in [0.15, 0.2) is 0 Å². The number of carbonyl (C=O) groups is 1. The van der Waals surface area contributed by atoms with Gasteiger partial charge in [0.15, 0.2) is 0 Å². The highest BCUT2D eigenvalue weighted by Crippen LogP contribution is 2.21. The van der Waals surface area contributed by atoms with Crippen LogP contribution >= 0.6 is 0 Å². The molecule has 0 saturated carbocycles. The number of nitrogens with zero attached hydrogens (tertiary/aromatic N) is 2. The molecule has 112 valence electrons. The minimum absolute atomic E-state index is 0.198. The lowest BCUT2D eigenvalue weighted by atomic mass is 9.90. The summed E-state index contributed by atoms with van der Waals surface area (Å²) in [5, 5.41) is 0. The second kappa shape index (κ2) is 6.25. The molecule has 1 rings (SSSR count). The minimum Gasteiger partial charge on any atom is -0.340 e. The first-order chi connectivity index (χ1) is 8.57. The Kier molecular flexibility index (Phi) is 5.43. The van der Waals surface area contributed by atoms with E-state index in [1.165, 1.54) is 12.8 Å². The maximum atomic E-state index is 12.1. The lowest BCUT2D eigenvalue weighted by molar-refractivity contribution is -0.137. The summed E-state index contributed by atoms with van der Waals surface area (Å²) in [5.74, 6) is 0.303. The van der Waals surface area contributed by atoms with Crippen molar-refractivity contribution in [3.05, 3.63) is 0 Å². The van der Waals surface area contributed by atoms with Crippen LogP contribution in [0.2, 0.25) is 0 Å². The number of hydrogen-bond donors (Lipinski definition) is 0. The topological polar surface area (TPSA) is 23.6 Å². The quantitative estimate of drug-likeness (QED) is 0.782. The highest BCUT2D eigenvalue weighted by atomic mass is 16.2. The molecule has 0 radical (unpaired) electrons. The van der Waals surface area contributed by atoms with Gasteiger partial charge < -0.3 is 4.90 Å². The predicted octanol–water partition coefficient (Wildman–Crippen LogP) is 3.00. The summed E-state index contributed by atoms with van der Waals surface area (Å²) < 4.78 is 0. The van der Waals surface area contributed by atoms with Gasteiger partial charge in [-0.2, -0.15) is 0 Å². The maximum absolute atomic E-state index is 12.1. The third-order valence-corrected chi connectivity index (χ3v) is 3.46. The normalized spacial score (nSPS) is 19.1. The van der Waals surface area contributed by atoms with Gasteiger partial charge in [-0.3, -0.25) is 9.69 Å². The molecule has 1 saturated heterocycles. The van der Waals surface area contributed by atoms with E-state index >= 15 is 0 Å². The van der Waals surface area contributed by atoms with Crippen LogP contribution in [0.1, 0.15) is 54.4 Å². The molecule has 1 amide bonds. The largest absolute Gasteiger partial charge is 0.340 e. The highest BCUT2D eigenvalue weighted by Gasteiger charge is 2.27. The minimum atomic E-state index is 0.198. The zero-order chi connectivity index (χ0) is 14.7. The van der Waals surface area contributed by atoms with E-state index in [9.17, 15) is 4.79 Å². The first kappa shape index (κ1) is 16.5. The molecule has 0 aromatic rings. The molecular formula is C16H32N2O. The monoisotopic (exact) mass is 268 g/mol. The Morgan fingerprint density at radius 2 is 1.63 bits per heavy atom. The van der Waals surface area contributed by atoms with Gasteiger partial charge in [-0.1, -0.05) is 41.5 Å². The fourth-order valence-electron chi connectivity index (χ4n) is 2.52. The molecule has 0 bridgehead atoms. The molecular weight excluding hydrogens is 236 g/mol. The first-order valence-electron chi connectivity index (χ1n) is 7.57. The number of piperazine rings is 1. The van der Waals surface area contributed by atoms with Crippen LogP contribution in [-0.4, -0.2) is 48.4 Å². The molecule has 0 atom stereocenters. The fourth-order valence-corrected chi connectivity index (χ4v) is 2.52. The zero-order valence-electron chi connectivity index (χ0n) is 13.8. The van der Waals surface area contributed by atoms with Crippen molar-refractivity contribution in [1.29, 1.82) is 0 Å². The standard InChI is InChI=1S/C16H32N2O/c1-15(2,3)8-7-9-17-10-11-18(14(19)12-17)13-16(4,5)6/h7-13H2,1-6H3. The molecule has 0 aromatic heterocycles. The molecule has 1 heterocycles. The molecule has 3 nitrogen and oxygen atoms in total. The molecule has 0 N–H and O–H groups in total. The second-order valence-electron chi connectivity index (χ2n) is 8.32. The number of hydrogen-bond acceptors (Lipinski definition) is 2. The summed E-state index contributed by atoms with van der Waals surface area (Å²) in [6, 6.07) is 0. The first-order valence-corrected chi connectivity index (χ1v) is 7.57. The van der Waals surface area contributed by atoms with Gasteiger partial charge >= 0.3 is 0 Å². The Morgan fingerprint density at radius 1 is 1.00 bits per heavy atom. The molecule has 0 unspecified atom stereocenters. The summed E-state index contributed by atoms with van der Waals surface area (Å²) in [6.45, 7) is 17.9. The number of rotatable bonds is 4. The predicted molar refractivity (Wildman–Crippen MR) is 81.2 cm³/mol. The lowest BCUT2D eigenvalue weighted by Gasteiger charge is -2.37. The van der Waals surface area contributed by atoms with Crippen molar-refractivity contribution in [2.24, 2.45) is 10.8 Å². The summed E-state index contributed by atoms with van der Waals surface area (Å²) >= 11 is 0. The van der Waals surface area contributed by atoms with E-state index in [1.54, 1.807) is 0 Å². The van der Waals surface area contributed by atoms with E-state index in [4.69, 9.17) is 0 Å². The van der Waals surface area contributed by atoms with Gasteiger partial charge in [0.2, 0.25) is 5.91 Å². The summed E-state index contributed by atoms with van der Waals surface area (Å²) in [6.07, 6.45) is 2.42. The molecule has 3 heteroatoms. The van der Waals surface area contributed by atoms with Gasteiger partial charge in [0.1, 0.15) is 0 Å². The number of amides is 1. The Bertz CT molecular complexity index is 299. The maximum Gasteiger partial charge on any atom is 0.236 e. The zero-order valence-corrected chi connectivity index (χ0v) is 13.8. The van der Waals surface area contributed by atoms with E-state index in [1.807, 2.05) is 4.90 Å². The van der Waals surface area contributed by atoms with E-state index in [2.05, 4.69) is 46.4 Å². The Morgan fingerprint density at radius 3 is 2.11 bits per heavy atom. The Balaban J connectivity index is 2.32. The van der Waals surface area contributed by atoms with Crippen molar-refractivity contribution in [2.45, 2.75) is 54.4 Å². The average Bonchev–Trinajstić information content (AvgIpc) is 2.18. The molecule has 0 aromatic carbocycles. The highest BCUT2D eigenvalue weighted by molar-refractivity contribution is 5.79. The van der Waals surface area contributed by atoms with Gasteiger partial charge in [0.25, 0.3) is 0 Å². The van der Waals surface area contributed by atoms with Gasteiger partial charge in [-0.15, -0.1) is 0 Å². The van der Waals surface area contributed by atoms with Crippen molar-refractivity contribution in [3.63, 3.8) is 0 Å². The summed E-state index contributed by atoms with van der Waals surface area (Å²) in [4.78, 5) is 16.5. The van der Waals surface area contributed by atoms with Crippen LogP contribution in [0.5, 0.6) is 0 Å². The van der Waals surface area contributed by atoms with E-state index in [0.29, 0.717) is 17.9 Å². The second-order valence-corrected chi connectivity index (χ2v) is 8.32. The van der Waals surface area contributed by atoms with Crippen molar-refractivity contribution in [3.8, 4) is 0 Å². The molecule has 0 aliphatic carbocycles. The third-order valence-electron chi connectivity index (χ3n) is 3.46. The van der Waals surface area contributed by atoms with Gasteiger partial charge in [-0.05, 0) is 30.2 Å². The number of carbonyl (C=O) groups excluding carboxylic acids is 1. The van der Waals surface area contributed by atoms with Gasteiger partial charge in [-0.25, -0.2) is 0 Å². The summed E-state index contributed by atoms with van der Waals surface area (Å²) in [7, 11) is 0. The van der Waals surface area contributed by atoms with Crippen molar-refractivity contribution >= 4 is 5.91 Å². The van der Waals surface area contributed by atoms with Crippen LogP contribution in [0.25, 0.3) is 0 Å². The van der Waals surface area contributed by atoms with Crippen LogP contribution in [-0.2, 0) is 4.79 Å². The average molecular weight is 268 g/mol. The molecule has 1 aliphatic heterocycles. The van der Waals surface area contributed by atoms with Crippen LogP contribution < -0.4 is 0 Å². The van der Waals surface area contributed by atoms with Crippen molar-refractivity contribution < 1.29 is 4.79 Å².